The van der Waals surface area contributed by atoms with Crippen LogP contribution >= 0.6 is 7.82 Å². The first kappa shape index (κ1) is 57.8. The highest BCUT2D eigenvalue weighted by molar-refractivity contribution is 7.45. The zero-order chi connectivity index (χ0) is 43.6. The predicted molar refractivity (Wildman–Crippen MR) is 245 cm³/mol. The summed E-state index contributed by atoms with van der Waals surface area (Å²) in [4.78, 5) is 37.6. The van der Waals surface area contributed by atoms with Gasteiger partial charge in [-0.25, -0.2) is 0 Å². The molecule has 0 aromatic carbocycles. The molecule has 0 aromatic rings. The second-order valence-corrected chi connectivity index (χ2v) is 19.6. The molecule has 0 spiro atoms. The van der Waals surface area contributed by atoms with Crippen LogP contribution < -0.4 is 4.89 Å². The maximum atomic E-state index is 12.7. The molecule has 59 heavy (non-hydrogen) atoms. The van der Waals surface area contributed by atoms with Gasteiger partial charge in [-0.1, -0.05) is 206 Å². The Bertz CT molecular complexity index is 1020. The summed E-state index contributed by atoms with van der Waals surface area (Å²) >= 11 is 0. The average Bonchev–Trinajstić information content (AvgIpc) is 3.19. The maximum absolute atomic E-state index is 12.7. The molecule has 9 nitrogen and oxygen atoms in total. The Hall–Kier alpha value is -1.25. The van der Waals surface area contributed by atoms with Crippen molar-refractivity contribution in [1.82, 2.24) is 0 Å². The van der Waals surface area contributed by atoms with E-state index >= 15 is 0 Å². The Morgan fingerprint density at radius 1 is 0.508 bits per heavy atom. The number of carbonyl (C=O) groups is 2. The molecular formula is C49H96NO8P. The zero-order valence-corrected chi connectivity index (χ0v) is 40.4. The number of phosphoric acid groups is 1. The molecule has 0 aliphatic rings. The number of carbonyl (C=O) groups excluding carboxylic acids is 2. The van der Waals surface area contributed by atoms with E-state index in [0.29, 0.717) is 23.9 Å². The lowest BCUT2D eigenvalue weighted by Crippen LogP contribution is -2.37. The standard InChI is InChI=1S/C49H96NO8P/c1-6-8-10-12-14-16-18-20-21-22-23-24-25-26-27-28-29-30-32-33-35-37-39-41-48(51)55-45-47(46-57-59(53,54)56-44-43-50(3,4)5)58-49(52)42-40-38-36-34-31-19-17-15-13-11-9-7-2/h33,35,47H,6-32,34,36-46H2,1-5H3/b35-33+/t47-/m0/s1. The molecule has 0 heterocycles. The van der Waals surface area contributed by atoms with Gasteiger partial charge in [-0.2, -0.15) is 0 Å². The second kappa shape index (κ2) is 42.1. The van der Waals surface area contributed by atoms with Gasteiger partial charge >= 0.3 is 11.9 Å². The Morgan fingerprint density at radius 2 is 0.881 bits per heavy atom. The quantitative estimate of drug-likeness (QED) is 0.0196. The van der Waals surface area contributed by atoms with Gasteiger partial charge in [-0.3, -0.25) is 14.2 Å². The maximum Gasteiger partial charge on any atom is 0.306 e. The van der Waals surface area contributed by atoms with Crippen molar-refractivity contribution in [2.45, 2.75) is 245 Å². The van der Waals surface area contributed by atoms with Crippen molar-refractivity contribution in [3.8, 4) is 0 Å². The molecule has 0 aliphatic carbocycles. The number of ether oxygens (including phenoxy) is 2. The van der Waals surface area contributed by atoms with Crippen molar-refractivity contribution in [3.63, 3.8) is 0 Å². The van der Waals surface area contributed by atoms with Crippen molar-refractivity contribution in [2.75, 3.05) is 47.5 Å². The molecule has 0 saturated heterocycles. The molecule has 1 unspecified atom stereocenters. The van der Waals surface area contributed by atoms with Crippen molar-refractivity contribution in [1.29, 1.82) is 0 Å². The summed E-state index contributed by atoms with van der Waals surface area (Å²) < 4.78 is 33.9. The molecule has 0 fully saturated rings. The summed E-state index contributed by atoms with van der Waals surface area (Å²) in [6, 6.07) is 0. The van der Waals surface area contributed by atoms with E-state index in [9.17, 15) is 19.0 Å². The minimum Gasteiger partial charge on any atom is -0.756 e. The first-order valence-corrected chi connectivity index (χ1v) is 26.4. The van der Waals surface area contributed by atoms with Gasteiger partial charge < -0.3 is 27.9 Å². The Kier molecular flexibility index (Phi) is 41.2. The second-order valence-electron chi connectivity index (χ2n) is 18.2. The zero-order valence-electron chi connectivity index (χ0n) is 39.5. The van der Waals surface area contributed by atoms with E-state index in [-0.39, 0.29) is 26.1 Å². The summed E-state index contributed by atoms with van der Waals surface area (Å²) in [5.74, 6) is -0.859. The lowest BCUT2D eigenvalue weighted by atomic mass is 10.0. The highest BCUT2D eigenvalue weighted by atomic mass is 31.2. The Labute approximate surface area is 365 Å². The number of hydrogen-bond donors (Lipinski definition) is 0. The van der Waals surface area contributed by atoms with E-state index in [2.05, 4.69) is 26.0 Å². The Morgan fingerprint density at radius 3 is 1.31 bits per heavy atom. The van der Waals surface area contributed by atoms with Gasteiger partial charge in [0, 0.05) is 12.8 Å². The van der Waals surface area contributed by atoms with Gasteiger partial charge in [0.1, 0.15) is 19.8 Å². The molecule has 2 atom stereocenters. The number of hydrogen-bond acceptors (Lipinski definition) is 8. The van der Waals surface area contributed by atoms with Gasteiger partial charge in [0.2, 0.25) is 0 Å². The summed E-state index contributed by atoms with van der Waals surface area (Å²) in [5, 5.41) is 0. The summed E-state index contributed by atoms with van der Waals surface area (Å²) in [5.41, 5.74) is 0. The normalized spacial score (nSPS) is 13.5. The van der Waals surface area contributed by atoms with Crippen LogP contribution in [0.4, 0.5) is 0 Å². The number of rotatable bonds is 46. The van der Waals surface area contributed by atoms with Gasteiger partial charge in [-0.05, 0) is 32.1 Å². The summed E-state index contributed by atoms with van der Waals surface area (Å²) in [6.07, 6.45) is 45.4. The van der Waals surface area contributed by atoms with Crippen LogP contribution in [0.15, 0.2) is 12.2 Å². The monoisotopic (exact) mass is 858 g/mol. The van der Waals surface area contributed by atoms with E-state index in [1.807, 2.05) is 21.1 Å². The van der Waals surface area contributed by atoms with Crippen LogP contribution in [0.5, 0.6) is 0 Å². The molecule has 0 rings (SSSR count). The molecule has 350 valence electrons. The number of quaternary nitrogens is 1. The smallest absolute Gasteiger partial charge is 0.306 e. The number of nitrogens with zero attached hydrogens (tertiary/aromatic N) is 1. The summed E-state index contributed by atoms with van der Waals surface area (Å²) in [6.45, 7) is 4.23. The molecule has 0 aromatic heterocycles. The molecular weight excluding hydrogens is 762 g/mol. The number of phosphoric ester groups is 1. The van der Waals surface area contributed by atoms with Gasteiger partial charge in [0.25, 0.3) is 7.82 Å². The third-order valence-electron chi connectivity index (χ3n) is 11.0. The van der Waals surface area contributed by atoms with Crippen LogP contribution in [0, 0.1) is 0 Å². The van der Waals surface area contributed by atoms with Crippen molar-refractivity contribution in [3.05, 3.63) is 12.2 Å². The fourth-order valence-electron chi connectivity index (χ4n) is 7.13. The minimum atomic E-state index is -4.63. The molecule has 0 saturated carbocycles. The number of esters is 2. The van der Waals surface area contributed by atoms with Crippen LogP contribution in [0.2, 0.25) is 0 Å². The van der Waals surface area contributed by atoms with Crippen molar-refractivity contribution < 1.29 is 42.1 Å². The third kappa shape index (κ3) is 46.1. The fraction of sp³-hybridized carbons (Fsp3) is 0.918. The molecule has 10 heteroatoms. The molecule has 0 aliphatic heterocycles. The summed E-state index contributed by atoms with van der Waals surface area (Å²) in [7, 11) is 1.17. The molecule has 0 N–H and O–H groups in total. The third-order valence-corrected chi connectivity index (χ3v) is 12.0. The number of allylic oxidation sites excluding steroid dienone is 2. The van der Waals surface area contributed by atoms with Crippen LogP contribution in [-0.2, 0) is 32.7 Å². The first-order chi connectivity index (χ1) is 28.5. The van der Waals surface area contributed by atoms with E-state index < -0.39 is 32.5 Å². The van der Waals surface area contributed by atoms with E-state index in [0.717, 1.165) is 25.7 Å². The van der Waals surface area contributed by atoms with Crippen LogP contribution in [0.25, 0.3) is 0 Å². The van der Waals surface area contributed by atoms with Crippen molar-refractivity contribution >= 4 is 19.8 Å². The SMILES string of the molecule is CCCCCCCCCCCCCCCCCCCC/C=C/CCCC(=O)OC[C@@H](COP(=O)([O-])OCC[N+](C)(C)C)OC(=O)CCCCCCCCCCCCCC. The first-order valence-electron chi connectivity index (χ1n) is 24.9. The fourth-order valence-corrected chi connectivity index (χ4v) is 7.86. The van der Waals surface area contributed by atoms with Gasteiger partial charge in [0.15, 0.2) is 6.10 Å². The van der Waals surface area contributed by atoms with Gasteiger partial charge in [0.05, 0.1) is 27.7 Å². The molecule has 0 radical (unpaired) electrons. The van der Waals surface area contributed by atoms with E-state index in [1.54, 1.807) is 0 Å². The van der Waals surface area contributed by atoms with Crippen molar-refractivity contribution in [2.24, 2.45) is 0 Å². The van der Waals surface area contributed by atoms with E-state index in [4.69, 9.17) is 18.5 Å². The topological polar surface area (TPSA) is 111 Å². The molecule has 0 amide bonds. The predicted octanol–water partition coefficient (Wildman–Crippen LogP) is 13.9. The lowest BCUT2D eigenvalue weighted by Gasteiger charge is -2.28. The van der Waals surface area contributed by atoms with Crippen LogP contribution in [0.1, 0.15) is 239 Å². The molecule has 0 bridgehead atoms. The van der Waals surface area contributed by atoms with Crippen LogP contribution in [0.3, 0.4) is 0 Å². The van der Waals surface area contributed by atoms with Gasteiger partial charge in [-0.15, -0.1) is 0 Å². The lowest BCUT2D eigenvalue weighted by molar-refractivity contribution is -0.870. The number of unbranched alkanes of at least 4 members (excludes halogenated alkanes) is 30. The largest absolute Gasteiger partial charge is 0.756 e. The highest BCUT2D eigenvalue weighted by Crippen LogP contribution is 2.38. The number of likely N-dealkylation sites (N-methyl/N-ethyl adjacent to an activating group) is 1. The highest BCUT2D eigenvalue weighted by Gasteiger charge is 2.21. The Balaban J connectivity index is 4.18. The average molecular weight is 858 g/mol. The van der Waals surface area contributed by atoms with Crippen LogP contribution in [-0.4, -0.2) is 70.0 Å². The van der Waals surface area contributed by atoms with E-state index in [1.165, 1.54) is 173 Å². The minimum absolute atomic E-state index is 0.0311.